The molecule has 3 N–H and O–H groups in total. The maximum atomic E-state index is 13.9. The number of aliphatic hydroxyl groups is 2. The quantitative estimate of drug-likeness (QED) is 0.527. The summed E-state index contributed by atoms with van der Waals surface area (Å²) in [6.07, 6.45) is -2.36. The van der Waals surface area contributed by atoms with Crippen LogP contribution in [0.5, 0.6) is 0 Å². The molecule has 0 aliphatic carbocycles. The van der Waals surface area contributed by atoms with Crippen molar-refractivity contribution in [1.82, 2.24) is 20.2 Å². The van der Waals surface area contributed by atoms with Crippen molar-refractivity contribution in [3.05, 3.63) is 58.4 Å². The summed E-state index contributed by atoms with van der Waals surface area (Å²) < 4.78 is 24.5. The zero-order chi connectivity index (χ0) is 23.0. The largest absolute Gasteiger partial charge is 0.507 e. The Labute approximate surface area is 184 Å². The van der Waals surface area contributed by atoms with Crippen molar-refractivity contribution in [1.29, 1.82) is 0 Å². The Bertz CT molecular complexity index is 996. The number of hydrogen-bond donors (Lipinski definition) is 3. The zero-order valence-electron chi connectivity index (χ0n) is 17.7. The van der Waals surface area contributed by atoms with E-state index in [0.717, 1.165) is 0 Å². The van der Waals surface area contributed by atoms with Gasteiger partial charge in [0.05, 0.1) is 31.1 Å². The van der Waals surface area contributed by atoms with E-state index in [9.17, 15) is 24.2 Å². The van der Waals surface area contributed by atoms with E-state index in [4.69, 9.17) is 9.47 Å². The molecule has 3 aliphatic rings. The lowest BCUT2D eigenvalue weighted by Crippen LogP contribution is -2.57. The standard InChI is InChI=1S/C21H25FN4O6/c1-31-8-7-24-11-25-10-14(32-2)16-15(18(27)19(28)17(21(24)30)26(16)25)20(29)23-9-12-5-3-4-6-13(12)22/h3-6,14,18,27-28H,7-11H2,1-2H3,(H,23,29). The van der Waals surface area contributed by atoms with Gasteiger partial charge in [0.25, 0.3) is 11.8 Å². The fourth-order valence-electron chi connectivity index (χ4n) is 4.16. The topological polar surface area (TPSA) is 115 Å². The number of amides is 2. The summed E-state index contributed by atoms with van der Waals surface area (Å²) in [4.78, 5) is 27.6. The average Bonchev–Trinajstić information content (AvgIpc) is 3.14. The van der Waals surface area contributed by atoms with Crippen molar-refractivity contribution in [2.45, 2.75) is 18.8 Å². The van der Waals surface area contributed by atoms with Gasteiger partial charge in [-0.05, 0) is 6.07 Å². The number of hydrazine groups is 1. The number of rotatable bonds is 7. The highest BCUT2D eigenvalue weighted by molar-refractivity contribution is 6.00. The van der Waals surface area contributed by atoms with Crippen molar-refractivity contribution in [2.75, 3.05) is 40.6 Å². The normalized spacial score (nSPS) is 23.2. The van der Waals surface area contributed by atoms with Crippen molar-refractivity contribution >= 4 is 11.8 Å². The number of aliphatic hydroxyl groups excluding tert-OH is 2. The lowest BCUT2D eigenvalue weighted by molar-refractivity contribution is -0.145. The Morgan fingerprint density at radius 2 is 2.06 bits per heavy atom. The molecule has 10 nitrogen and oxygen atoms in total. The number of methoxy groups -OCH3 is 2. The molecule has 1 aromatic rings. The van der Waals surface area contributed by atoms with E-state index in [1.54, 1.807) is 17.1 Å². The first kappa shape index (κ1) is 22.2. The van der Waals surface area contributed by atoms with Crippen LogP contribution in [0.15, 0.2) is 47.0 Å². The first-order chi connectivity index (χ1) is 15.4. The highest BCUT2D eigenvalue weighted by atomic mass is 19.1. The highest BCUT2D eigenvalue weighted by Gasteiger charge is 2.52. The van der Waals surface area contributed by atoms with Gasteiger partial charge >= 0.3 is 0 Å². The first-order valence-corrected chi connectivity index (χ1v) is 10.1. The molecule has 0 aromatic heterocycles. The second-order valence-electron chi connectivity index (χ2n) is 7.64. The zero-order valence-corrected chi connectivity index (χ0v) is 17.7. The molecule has 0 saturated carbocycles. The van der Waals surface area contributed by atoms with Crippen LogP contribution in [0.1, 0.15) is 5.56 Å². The summed E-state index contributed by atoms with van der Waals surface area (Å²) in [5, 5.41) is 27.3. The van der Waals surface area contributed by atoms with E-state index in [1.165, 1.54) is 36.3 Å². The van der Waals surface area contributed by atoms with Crippen molar-refractivity contribution in [3.63, 3.8) is 0 Å². The monoisotopic (exact) mass is 448 g/mol. The van der Waals surface area contributed by atoms with Crippen molar-refractivity contribution in [2.24, 2.45) is 0 Å². The number of hydrogen-bond acceptors (Lipinski definition) is 8. The van der Waals surface area contributed by atoms with Gasteiger partial charge in [-0.1, -0.05) is 18.2 Å². The molecule has 3 heterocycles. The number of ether oxygens (including phenoxy) is 2. The van der Waals surface area contributed by atoms with Gasteiger partial charge in [0.2, 0.25) is 0 Å². The summed E-state index contributed by atoms with van der Waals surface area (Å²) in [7, 11) is 2.98. The molecular weight excluding hydrogens is 423 g/mol. The van der Waals surface area contributed by atoms with Gasteiger partial charge < -0.3 is 29.9 Å². The Hall–Kier alpha value is -2.99. The minimum atomic E-state index is -1.74. The smallest absolute Gasteiger partial charge is 0.276 e. The third kappa shape index (κ3) is 3.62. The van der Waals surface area contributed by atoms with E-state index >= 15 is 0 Å². The summed E-state index contributed by atoms with van der Waals surface area (Å²) in [6.45, 7) is 0.978. The second-order valence-corrected chi connectivity index (χ2v) is 7.64. The van der Waals surface area contributed by atoms with E-state index < -0.39 is 35.6 Å². The molecular formula is C21H25FN4O6. The van der Waals surface area contributed by atoms with Gasteiger partial charge in [-0.3, -0.25) is 14.6 Å². The van der Waals surface area contributed by atoms with Gasteiger partial charge in [0.1, 0.15) is 18.0 Å². The third-order valence-electron chi connectivity index (χ3n) is 5.77. The van der Waals surface area contributed by atoms with Crippen LogP contribution in [0.4, 0.5) is 4.39 Å². The van der Waals surface area contributed by atoms with Crippen LogP contribution >= 0.6 is 0 Å². The number of nitrogens with zero attached hydrogens (tertiary/aromatic N) is 3. The predicted molar refractivity (Wildman–Crippen MR) is 109 cm³/mol. The van der Waals surface area contributed by atoms with Crippen molar-refractivity contribution < 1.29 is 33.7 Å². The molecule has 2 fully saturated rings. The molecule has 1 aromatic carbocycles. The molecule has 2 amide bonds. The lowest BCUT2D eigenvalue weighted by atomic mass is 9.96. The molecule has 11 heteroatoms. The maximum absolute atomic E-state index is 13.9. The summed E-state index contributed by atoms with van der Waals surface area (Å²) in [6, 6.07) is 6.00. The average molecular weight is 448 g/mol. The molecule has 172 valence electrons. The number of nitrogens with one attached hydrogen (secondary N) is 1. The van der Waals surface area contributed by atoms with E-state index in [1.807, 2.05) is 0 Å². The van der Waals surface area contributed by atoms with Gasteiger partial charge in [-0.2, -0.15) is 5.01 Å². The Morgan fingerprint density at radius 3 is 2.75 bits per heavy atom. The SMILES string of the molecule is COCCN1CN2CC(OC)C3=C(C(=O)NCc4ccccc4F)C(O)C(O)=C(C1=O)N32. The molecule has 0 radical (unpaired) electrons. The van der Waals surface area contributed by atoms with Crippen LogP contribution < -0.4 is 5.32 Å². The molecule has 2 unspecified atom stereocenters. The summed E-state index contributed by atoms with van der Waals surface area (Å²) in [5.41, 5.74) is 0.282. The third-order valence-corrected chi connectivity index (χ3v) is 5.77. The number of carbonyl (C=O) groups is 2. The fraction of sp³-hybridized carbons (Fsp3) is 0.429. The molecule has 0 bridgehead atoms. The number of carbonyl (C=O) groups excluding carboxylic acids is 2. The number of benzene rings is 1. The molecule has 3 aliphatic heterocycles. The van der Waals surface area contributed by atoms with Crippen LogP contribution in [-0.2, 0) is 25.6 Å². The van der Waals surface area contributed by atoms with Gasteiger partial charge in [-0.15, -0.1) is 0 Å². The Balaban J connectivity index is 1.67. The molecule has 4 rings (SSSR count). The van der Waals surface area contributed by atoms with Crippen LogP contribution in [-0.4, -0.2) is 89.7 Å². The second kappa shape index (κ2) is 8.87. The van der Waals surface area contributed by atoms with Crippen LogP contribution in [0, 0.1) is 5.82 Å². The van der Waals surface area contributed by atoms with E-state index in [-0.39, 0.29) is 35.7 Å². The van der Waals surface area contributed by atoms with Crippen molar-refractivity contribution in [3.8, 4) is 0 Å². The lowest BCUT2D eigenvalue weighted by Gasteiger charge is -2.44. The fourth-order valence-corrected chi connectivity index (χ4v) is 4.16. The summed E-state index contributed by atoms with van der Waals surface area (Å²) >= 11 is 0. The minimum Gasteiger partial charge on any atom is -0.507 e. The van der Waals surface area contributed by atoms with Gasteiger partial charge in [-0.25, -0.2) is 4.39 Å². The predicted octanol–water partition coefficient (Wildman–Crippen LogP) is -0.166. The van der Waals surface area contributed by atoms with E-state index in [0.29, 0.717) is 19.7 Å². The van der Waals surface area contributed by atoms with Gasteiger partial charge in [0, 0.05) is 32.9 Å². The summed E-state index contributed by atoms with van der Waals surface area (Å²) in [5.74, 6) is -2.28. The first-order valence-electron chi connectivity index (χ1n) is 10.1. The maximum Gasteiger partial charge on any atom is 0.276 e. The van der Waals surface area contributed by atoms with Gasteiger partial charge in [0.15, 0.2) is 11.5 Å². The molecule has 0 spiro atoms. The van der Waals surface area contributed by atoms with Crippen LogP contribution in [0.3, 0.4) is 0 Å². The minimum absolute atomic E-state index is 0.114. The van der Waals surface area contributed by atoms with E-state index in [2.05, 4.69) is 5.32 Å². The van der Waals surface area contributed by atoms with Crippen LogP contribution in [0.2, 0.25) is 0 Å². The molecule has 2 atom stereocenters. The highest BCUT2D eigenvalue weighted by Crippen LogP contribution is 2.41. The molecule has 32 heavy (non-hydrogen) atoms. The Kier molecular flexibility index (Phi) is 6.15. The molecule has 2 saturated heterocycles. The Morgan fingerprint density at radius 1 is 1.31 bits per heavy atom. The number of halogens is 1. The van der Waals surface area contributed by atoms with Crippen LogP contribution in [0.25, 0.3) is 0 Å².